The largest absolute Gasteiger partial charge is 0.438 e. The standard InChI is InChI=1S/C27H33N3O5/c1-18(2)14-23(31)29-21-11-6-10-20(15-21)25-24(26(32)28-16-22-12-7-13-34-22)30(27(33)35-25)17-19-8-4-3-5-9-19/h3-6,8-11,15,18,22,24-25H,7,12-14,16-17H2,1-2H3,(H,28,32)(H,29,31). The topological polar surface area (TPSA) is 97.0 Å². The molecule has 2 aromatic carbocycles. The average molecular weight is 480 g/mol. The molecule has 0 bridgehead atoms. The highest BCUT2D eigenvalue weighted by Crippen LogP contribution is 2.35. The SMILES string of the molecule is CC(C)CC(=O)Nc1cccc(C2OC(=O)N(Cc3ccccc3)C2C(=O)NCC2CCCO2)c1. The Bertz CT molecular complexity index is 1040. The number of carbonyl (C=O) groups excluding carboxylic acids is 3. The summed E-state index contributed by atoms with van der Waals surface area (Å²) in [7, 11) is 0. The first-order valence-electron chi connectivity index (χ1n) is 12.2. The molecule has 35 heavy (non-hydrogen) atoms. The van der Waals surface area contributed by atoms with Crippen LogP contribution in [-0.2, 0) is 25.6 Å². The van der Waals surface area contributed by atoms with Crippen molar-refractivity contribution < 1.29 is 23.9 Å². The van der Waals surface area contributed by atoms with E-state index >= 15 is 0 Å². The number of nitrogens with one attached hydrogen (secondary N) is 2. The van der Waals surface area contributed by atoms with E-state index in [4.69, 9.17) is 9.47 Å². The molecule has 0 saturated carbocycles. The minimum atomic E-state index is -0.856. The van der Waals surface area contributed by atoms with Crippen molar-refractivity contribution in [1.29, 1.82) is 0 Å². The molecule has 2 saturated heterocycles. The molecule has 8 heteroatoms. The summed E-state index contributed by atoms with van der Waals surface area (Å²) in [6.07, 6.45) is 0.904. The lowest BCUT2D eigenvalue weighted by Crippen LogP contribution is -2.47. The molecule has 3 amide bonds. The van der Waals surface area contributed by atoms with Crippen LogP contribution in [0.15, 0.2) is 54.6 Å². The molecule has 2 aromatic rings. The first-order valence-corrected chi connectivity index (χ1v) is 12.2. The molecule has 3 atom stereocenters. The summed E-state index contributed by atoms with van der Waals surface area (Å²) in [4.78, 5) is 40.1. The van der Waals surface area contributed by atoms with Crippen LogP contribution < -0.4 is 10.6 Å². The fourth-order valence-electron chi connectivity index (χ4n) is 4.49. The van der Waals surface area contributed by atoms with Gasteiger partial charge in [0.25, 0.3) is 0 Å². The van der Waals surface area contributed by atoms with Crippen molar-refractivity contribution in [1.82, 2.24) is 10.2 Å². The number of benzene rings is 2. The smallest absolute Gasteiger partial charge is 0.411 e. The second-order valence-corrected chi connectivity index (χ2v) is 9.51. The molecule has 2 N–H and O–H groups in total. The quantitative estimate of drug-likeness (QED) is 0.566. The second-order valence-electron chi connectivity index (χ2n) is 9.51. The normalized spacial score (nSPS) is 21.7. The molecule has 3 unspecified atom stereocenters. The van der Waals surface area contributed by atoms with Crippen LogP contribution in [-0.4, -0.2) is 48.1 Å². The molecule has 2 heterocycles. The highest BCUT2D eigenvalue weighted by Gasteiger charge is 2.47. The Balaban J connectivity index is 1.56. The minimum absolute atomic E-state index is 0.0162. The van der Waals surface area contributed by atoms with E-state index in [0.29, 0.717) is 30.8 Å². The van der Waals surface area contributed by atoms with Gasteiger partial charge in [-0.3, -0.25) is 14.5 Å². The van der Waals surface area contributed by atoms with Gasteiger partial charge in [0.05, 0.1) is 12.6 Å². The number of anilines is 1. The van der Waals surface area contributed by atoms with Crippen molar-refractivity contribution in [3.05, 3.63) is 65.7 Å². The zero-order valence-corrected chi connectivity index (χ0v) is 20.2. The van der Waals surface area contributed by atoms with Crippen LogP contribution in [0, 0.1) is 5.92 Å². The number of hydrogen-bond acceptors (Lipinski definition) is 5. The molecule has 2 fully saturated rings. The van der Waals surface area contributed by atoms with Crippen molar-refractivity contribution >= 4 is 23.6 Å². The first-order chi connectivity index (χ1) is 16.9. The van der Waals surface area contributed by atoms with Crippen LogP contribution in [0.4, 0.5) is 10.5 Å². The Hall–Kier alpha value is -3.39. The minimum Gasteiger partial charge on any atom is -0.438 e. The summed E-state index contributed by atoms with van der Waals surface area (Å²) < 4.78 is 11.4. The van der Waals surface area contributed by atoms with E-state index < -0.39 is 18.2 Å². The second kappa shape index (κ2) is 11.4. The summed E-state index contributed by atoms with van der Waals surface area (Å²) in [6, 6.07) is 15.8. The van der Waals surface area contributed by atoms with Gasteiger partial charge in [-0.25, -0.2) is 4.79 Å². The molecular formula is C27H33N3O5. The molecule has 0 aliphatic carbocycles. The average Bonchev–Trinajstić information content (AvgIpc) is 3.46. The van der Waals surface area contributed by atoms with Crippen LogP contribution in [0.25, 0.3) is 0 Å². The molecule has 0 aromatic heterocycles. The predicted molar refractivity (Wildman–Crippen MR) is 132 cm³/mol. The van der Waals surface area contributed by atoms with Crippen LogP contribution in [0.1, 0.15) is 50.3 Å². The monoisotopic (exact) mass is 479 g/mol. The summed E-state index contributed by atoms with van der Waals surface area (Å²) >= 11 is 0. The predicted octanol–water partition coefficient (Wildman–Crippen LogP) is 4.03. The lowest BCUT2D eigenvalue weighted by molar-refractivity contribution is -0.127. The van der Waals surface area contributed by atoms with Gasteiger partial charge in [0.15, 0.2) is 12.1 Å². The van der Waals surface area contributed by atoms with Crippen molar-refractivity contribution in [2.24, 2.45) is 5.92 Å². The van der Waals surface area contributed by atoms with Gasteiger partial charge in [-0.1, -0.05) is 56.3 Å². The van der Waals surface area contributed by atoms with Gasteiger partial charge >= 0.3 is 6.09 Å². The molecule has 8 nitrogen and oxygen atoms in total. The van der Waals surface area contributed by atoms with E-state index in [1.807, 2.05) is 50.2 Å². The van der Waals surface area contributed by atoms with Crippen molar-refractivity contribution in [2.75, 3.05) is 18.5 Å². The van der Waals surface area contributed by atoms with Gasteiger partial charge in [0.2, 0.25) is 11.8 Å². The number of rotatable bonds is 9. The maximum Gasteiger partial charge on any atom is 0.411 e. The Morgan fingerprint density at radius 2 is 1.91 bits per heavy atom. The van der Waals surface area contributed by atoms with Crippen molar-refractivity contribution in [3.63, 3.8) is 0 Å². The molecule has 2 aliphatic rings. The Kier molecular flexibility index (Phi) is 8.02. The maximum absolute atomic E-state index is 13.4. The number of ether oxygens (including phenoxy) is 2. The van der Waals surface area contributed by atoms with Crippen LogP contribution >= 0.6 is 0 Å². The van der Waals surface area contributed by atoms with Gasteiger partial charge in [-0.15, -0.1) is 0 Å². The third kappa shape index (κ3) is 6.39. The Labute approximate surface area is 206 Å². The highest BCUT2D eigenvalue weighted by atomic mass is 16.6. The fourth-order valence-corrected chi connectivity index (χ4v) is 4.49. The van der Waals surface area contributed by atoms with Gasteiger partial charge in [-0.05, 0) is 42.0 Å². The third-order valence-corrected chi connectivity index (χ3v) is 6.17. The first kappa shape index (κ1) is 24.7. The summed E-state index contributed by atoms with van der Waals surface area (Å²) in [6.45, 7) is 5.30. The van der Waals surface area contributed by atoms with E-state index in [2.05, 4.69) is 10.6 Å². The number of carbonyl (C=O) groups is 3. The molecule has 0 spiro atoms. The van der Waals surface area contributed by atoms with E-state index in [-0.39, 0.29) is 30.4 Å². The third-order valence-electron chi connectivity index (χ3n) is 6.17. The van der Waals surface area contributed by atoms with Crippen LogP contribution in [0.5, 0.6) is 0 Å². The zero-order valence-electron chi connectivity index (χ0n) is 20.2. The van der Waals surface area contributed by atoms with Gasteiger partial charge in [0, 0.05) is 25.3 Å². The molecule has 186 valence electrons. The van der Waals surface area contributed by atoms with Gasteiger partial charge in [0.1, 0.15) is 0 Å². The van der Waals surface area contributed by atoms with E-state index in [9.17, 15) is 14.4 Å². The van der Waals surface area contributed by atoms with Crippen LogP contribution in [0.2, 0.25) is 0 Å². The van der Waals surface area contributed by atoms with Gasteiger partial charge < -0.3 is 20.1 Å². The van der Waals surface area contributed by atoms with E-state index in [1.54, 1.807) is 18.2 Å². The lowest BCUT2D eigenvalue weighted by Gasteiger charge is -2.25. The van der Waals surface area contributed by atoms with E-state index in [1.165, 1.54) is 4.90 Å². The number of hydrogen-bond donors (Lipinski definition) is 2. The summed E-state index contributed by atoms with van der Waals surface area (Å²) in [5, 5.41) is 5.86. The summed E-state index contributed by atoms with van der Waals surface area (Å²) in [5.41, 5.74) is 2.15. The number of nitrogens with zero attached hydrogens (tertiary/aromatic N) is 1. The summed E-state index contributed by atoms with van der Waals surface area (Å²) in [5.74, 6) is -0.143. The van der Waals surface area contributed by atoms with Crippen LogP contribution in [0.3, 0.4) is 0 Å². The molecular weight excluding hydrogens is 446 g/mol. The maximum atomic E-state index is 13.4. The van der Waals surface area contributed by atoms with E-state index in [0.717, 1.165) is 18.4 Å². The molecule has 4 rings (SSSR count). The number of cyclic esters (lactones) is 1. The lowest BCUT2D eigenvalue weighted by atomic mass is 10.00. The zero-order chi connectivity index (χ0) is 24.8. The number of amides is 3. The van der Waals surface area contributed by atoms with Gasteiger partial charge in [-0.2, -0.15) is 0 Å². The fraction of sp³-hybridized carbons (Fsp3) is 0.444. The highest BCUT2D eigenvalue weighted by molar-refractivity contribution is 5.91. The van der Waals surface area contributed by atoms with Crippen molar-refractivity contribution in [3.8, 4) is 0 Å². The molecule has 0 radical (unpaired) electrons. The van der Waals surface area contributed by atoms with Crippen molar-refractivity contribution in [2.45, 2.75) is 57.9 Å². The Morgan fingerprint density at radius 3 is 2.63 bits per heavy atom. The Morgan fingerprint density at radius 1 is 1.11 bits per heavy atom. The molecule has 2 aliphatic heterocycles.